The summed E-state index contributed by atoms with van der Waals surface area (Å²) >= 11 is 0. The smallest absolute Gasteiger partial charge is 0.229 e. The predicted octanol–water partition coefficient (Wildman–Crippen LogP) is 1.24. The van der Waals surface area contributed by atoms with E-state index in [1.807, 2.05) is 0 Å². The van der Waals surface area contributed by atoms with Crippen LogP contribution in [-0.2, 0) is 0 Å². The lowest BCUT2D eigenvalue weighted by molar-refractivity contribution is -0.0756. The summed E-state index contributed by atoms with van der Waals surface area (Å²) in [7, 11) is 0. The highest BCUT2D eigenvalue weighted by Crippen LogP contribution is 2.27. The van der Waals surface area contributed by atoms with E-state index in [1.165, 1.54) is 32.1 Å². The van der Waals surface area contributed by atoms with E-state index < -0.39 is 19.1 Å². The van der Waals surface area contributed by atoms with Crippen LogP contribution in [0, 0.1) is 5.92 Å². The molecule has 3 atom stereocenters. The van der Waals surface area contributed by atoms with Gasteiger partial charge in [0.15, 0.2) is 0 Å². The maximum absolute atomic E-state index is 9.72. The predicted molar refractivity (Wildman–Crippen MR) is 72.7 cm³/mol. The molecule has 120 valence electrons. The molecule has 0 amide bonds. The Kier molecular flexibility index (Phi) is 8.52. The highest BCUT2D eigenvalue weighted by atomic mass is 19.3. The second-order valence-electron chi connectivity index (χ2n) is 5.77. The van der Waals surface area contributed by atoms with E-state index in [9.17, 15) is 24.1 Å². The van der Waals surface area contributed by atoms with Crippen LogP contribution in [0.3, 0.4) is 0 Å². The SMILES string of the molecule is FCF.OC[C@H]1CC(O)[C@@H](O)CN1CC1CCCCC1. The Morgan fingerprint density at radius 3 is 2.15 bits per heavy atom. The maximum atomic E-state index is 9.72. The minimum atomic E-state index is -1.75. The summed E-state index contributed by atoms with van der Waals surface area (Å²) in [6.45, 7) is -0.200. The zero-order valence-electron chi connectivity index (χ0n) is 11.9. The van der Waals surface area contributed by atoms with Gasteiger partial charge in [-0.1, -0.05) is 19.3 Å². The second kappa shape index (κ2) is 9.60. The van der Waals surface area contributed by atoms with Gasteiger partial charge < -0.3 is 15.3 Å². The van der Waals surface area contributed by atoms with Crippen LogP contribution in [0.5, 0.6) is 0 Å². The number of hydrogen-bond acceptors (Lipinski definition) is 4. The van der Waals surface area contributed by atoms with Crippen molar-refractivity contribution in [3.63, 3.8) is 0 Å². The number of piperidine rings is 1. The molecular weight excluding hydrogens is 268 g/mol. The number of likely N-dealkylation sites (tertiary alicyclic amines) is 1. The van der Waals surface area contributed by atoms with Crippen LogP contribution < -0.4 is 0 Å². The fourth-order valence-electron chi connectivity index (χ4n) is 3.21. The van der Waals surface area contributed by atoms with Gasteiger partial charge in [0, 0.05) is 19.1 Å². The lowest BCUT2D eigenvalue weighted by Crippen LogP contribution is -2.54. The molecule has 3 N–H and O–H groups in total. The van der Waals surface area contributed by atoms with Crippen molar-refractivity contribution < 1.29 is 24.1 Å². The summed E-state index contributed by atoms with van der Waals surface area (Å²) in [5, 5.41) is 28.7. The molecule has 2 rings (SSSR count). The zero-order valence-corrected chi connectivity index (χ0v) is 11.9. The molecule has 0 bridgehead atoms. The third-order valence-corrected chi connectivity index (χ3v) is 4.32. The topological polar surface area (TPSA) is 63.9 Å². The van der Waals surface area contributed by atoms with E-state index >= 15 is 0 Å². The highest BCUT2D eigenvalue weighted by Gasteiger charge is 2.34. The van der Waals surface area contributed by atoms with Crippen LogP contribution in [0.4, 0.5) is 8.78 Å². The van der Waals surface area contributed by atoms with E-state index in [-0.39, 0.29) is 12.6 Å². The van der Waals surface area contributed by atoms with Gasteiger partial charge in [-0.05, 0) is 25.2 Å². The van der Waals surface area contributed by atoms with Crippen LogP contribution in [-0.4, -0.2) is 65.1 Å². The van der Waals surface area contributed by atoms with E-state index in [0.717, 1.165) is 6.54 Å². The molecule has 4 nitrogen and oxygen atoms in total. The Hall–Kier alpha value is -0.300. The van der Waals surface area contributed by atoms with Crippen LogP contribution in [0.1, 0.15) is 38.5 Å². The average molecular weight is 295 g/mol. The molecule has 2 fully saturated rings. The van der Waals surface area contributed by atoms with Gasteiger partial charge in [0.2, 0.25) is 6.93 Å². The Bertz CT molecular complexity index is 253. The molecule has 0 aromatic carbocycles. The van der Waals surface area contributed by atoms with Crippen molar-refractivity contribution in [3.05, 3.63) is 0 Å². The molecule has 2 aliphatic rings. The van der Waals surface area contributed by atoms with Crippen LogP contribution in [0.2, 0.25) is 0 Å². The number of aliphatic hydroxyl groups excluding tert-OH is 3. The quantitative estimate of drug-likeness (QED) is 0.733. The molecule has 0 aromatic rings. The Morgan fingerprint density at radius 1 is 1.00 bits per heavy atom. The van der Waals surface area contributed by atoms with Crippen molar-refractivity contribution in [2.45, 2.75) is 56.8 Å². The zero-order chi connectivity index (χ0) is 15.0. The van der Waals surface area contributed by atoms with Gasteiger partial charge in [-0.3, -0.25) is 4.90 Å². The Morgan fingerprint density at radius 2 is 1.60 bits per heavy atom. The summed E-state index contributed by atoms with van der Waals surface area (Å²) in [6.07, 6.45) is 5.68. The summed E-state index contributed by atoms with van der Waals surface area (Å²) < 4.78 is 19.2. The van der Waals surface area contributed by atoms with E-state index in [1.54, 1.807) is 0 Å². The molecule has 1 unspecified atom stereocenters. The molecule has 6 heteroatoms. The molecule has 0 spiro atoms. The first-order chi connectivity index (χ1) is 9.62. The summed E-state index contributed by atoms with van der Waals surface area (Å²) in [5.74, 6) is 0.709. The van der Waals surface area contributed by atoms with Crippen molar-refractivity contribution in [2.24, 2.45) is 5.92 Å². The molecule has 20 heavy (non-hydrogen) atoms. The maximum Gasteiger partial charge on any atom is 0.229 e. The highest BCUT2D eigenvalue weighted by molar-refractivity contribution is 4.88. The molecule has 0 radical (unpaired) electrons. The van der Waals surface area contributed by atoms with Crippen LogP contribution in [0.15, 0.2) is 0 Å². The second-order valence-corrected chi connectivity index (χ2v) is 5.77. The molecule has 1 saturated heterocycles. The number of aliphatic hydroxyl groups is 3. The van der Waals surface area contributed by atoms with Crippen LogP contribution >= 0.6 is 0 Å². The molecule has 0 aromatic heterocycles. The first kappa shape index (κ1) is 17.8. The third-order valence-electron chi connectivity index (χ3n) is 4.32. The average Bonchev–Trinajstić information content (AvgIpc) is 2.44. The first-order valence-corrected chi connectivity index (χ1v) is 7.45. The van der Waals surface area contributed by atoms with Crippen molar-refractivity contribution in [3.8, 4) is 0 Å². The summed E-state index contributed by atoms with van der Waals surface area (Å²) in [6, 6.07) is 0.0235. The minimum absolute atomic E-state index is 0.0235. The van der Waals surface area contributed by atoms with Gasteiger partial charge in [0.1, 0.15) is 0 Å². The van der Waals surface area contributed by atoms with Gasteiger partial charge in [0.25, 0.3) is 0 Å². The number of halogens is 2. The number of hydrogen-bond donors (Lipinski definition) is 3. The van der Waals surface area contributed by atoms with E-state index in [0.29, 0.717) is 18.9 Å². The van der Waals surface area contributed by atoms with Crippen molar-refractivity contribution in [1.29, 1.82) is 0 Å². The molecule has 1 saturated carbocycles. The van der Waals surface area contributed by atoms with Gasteiger partial charge in [-0.25, -0.2) is 8.78 Å². The van der Waals surface area contributed by atoms with Gasteiger partial charge in [0.05, 0.1) is 18.8 Å². The molecule has 1 aliphatic carbocycles. The molecule has 1 heterocycles. The van der Waals surface area contributed by atoms with Gasteiger partial charge in [-0.15, -0.1) is 0 Å². The Labute approximate surface area is 119 Å². The van der Waals surface area contributed by atoms with Crippen LogP contribution in [0.25, 0.3) is 0 Å². The van der Waals surface area contributed by atoms with E-state index in [4.69, 9.17) is 0 Å². The van der Waals surface area contributed by atoms with Crippen molar-refractivity contribution >= 4 is 0 Å². The number of β-amino-alcohol motifs (C(OH)–C–C–N with tert-alkyl or cyclic N) is 1. The largest absolute Gasteiger partial charge is 0.395 e. The minimum Gasteiger partial charge on any atom is -0.395 e. The number of alkyl halides is 2. The normalized spacial score (nSPS) is 32.5. The number of nitrogens with zero attached hydrogens (tertiary/aromatic N) is 1. The lowest BCUT2D eigenvalue weighted by Gasteiger charge is -2.41. The van der Waals surface area contributed by atoms with Crippen molar-refractivity contribution in [1.82, 2.24) is 4.90 Å². The standard InChI is InChI=1S/C13H25NO3.CH2F2/c15-9-11-6-12(16)13(17)8-14(11)7-10-4-2-1-3-5-10;2-1-3/h10-13,15-17H,1-9H2;1H2/t11-,12?,13+;/m1./s1. The fraction of sp³-hybridized carbons (Fsp3) is 1.00. The monoisotopic (exact) mass is 295 g/mol. The summed E-state index contributed by atoms with van der Waals surface area (Å²) in [5.41, 5.74) is 0. The fourth-order valence-corrected chi connectivity index (χ4v) is 3.21. The molecule has 1 aliphatic heterocycles. The first-order valence-electron chi connectivity index (χ1n) is 7.45. The number of rotatable bonds is 3. The Balaban J connectivity index is 0.000000612. The van der Waals surface area contributed by atoms with Gasteiger partial charge >= 0.3 is 0 Å². The van der Waals surface area contributed by atoms with Crippen molar-refractivity contribution in [2.75, 3.05) is 26.6 Å². The third kappa shape index (κ3) is 5.60. The summed E-state index contributed by atoms with van der Waals surface area (Å²) in [4.78, 5) is 2.17. The lowest BCUT2D eigenvalue weighted by atomic mass is 9.87. The molecular formula is C14H27F2NO3. The van der Waals surface area contributed by atoms with E-state index in [2.05, 4.69) is 4.90 Å². The van der Waals surface area contributed by atoms with Gasteiger partial charge in [-0.2, -0.15) is 0 Å².